The number of hydrogen-bond donors (Lipinski definition) is 1. The molecule has 1 aromatic heterocycles. The summed E-state index contributed by atoms with van der Waals surface area (Å²) in [7, 11) is 3.53. The first-order valence-electron chi connectivity index (χ1n) is 5.65. The zero-order chi connectivity index (χ0) is 13.3. The molecule has 0 spiro atoms. The van der Waals surface area contributed by atoms with Gasteiger partial charge in [0, 0.05) is 24.2 Å². The van der Waals surface area contributed by atoms with Crippen LogP contribution in [0.5, 0.6) is 5.75 Å². The second-order valence-corrected chi connectivity index (χ2v) is 4.53. The van der Waals surface area contributed by atoms with E-state index in [1.807, 2.05) is 30.8 Å². The Labute approximate surface area is 111 Å². The lowest BCUT2D eigenvalue weighted by molar-refractivity contribution is 0.416. The first-order chi connectivity index (χ1) is 8.58. The lowest BCUT2D eigenvalue weighted by Crippen LogP contribution is -1.99. The number of aromatic nitrogens is 2. The average molecular weight is 266 g/mol. The van der Waals surface area contributed by atoms with E-state index in [1.54, 1.807) is 13.2 Å². The van der Waals surface area contributed by atoms with Gasteiger partial charge in [0.05, 0.1) is 18.5 Å². The Kier molecular flexibility index (Phi) is 3.59. The first-order valence-corrected chi connectivity index (χ1v) is 6.02. The molecule has 0 aliphatic heterocycles. The smallest absolute Gasteiger partial charge is 0.128 e. The van der Waals surface area contributed by atoms with Crippen molar-refractivity contribution in [3.8, 4) is 17.0 Å². The summed E-state index contributed by atoms with van der Waals surface area (Å²) in [5, 5.41) is 5.07. The van der Waals surface area contributed by atoms with E-state index in [0.29, 0.717) is 11.6 Å². The van der Waals surface area contributed by atoms with Crippen LogP contribution in [0.3, 0.4) is 0 Å². The van der Waals surface area contributed by atoms with Crippen molar-refractivity contribution in [1.29, 1.82) is 0 Å². The van der Waals surface area contributed by atoms with E-state index in [0.717, 1.165) is 28.3 Å². The molecule has 0 radical (unpaired) electrons. The molecule has 2 rings (SSSR count). The maximum atomic E-state index is 6.06. The summed E-state index contributed by atoms with van der Waals surface area (Å²) >= 11 is 6.06. The molecule has 18 heavy (non-hydrogen) atoms. The molecule has 0 amide bonds. The number of aryl methyl sites for hydroxylation is 1. The van der Waals surface area contributed by atoms with Crippen molar-refractivity contribution in [2.75, 3.05) is 7.11 Å². The zero-order valence-corrected chi connectivity index (χ0v) is 11.5. The van der Waals surface area contributed by atoms with Crippen LogP contribution in [-0.4, -0.2) is 16.9 Å². The Hall–Kier alpha value is -1.52. The first kappa shape index (κ1) is 12.9. The molecular formula is C13H16ClN3O. The molecule has 0 bridgehead atoms. The van der Waals surface area contributed by atoms with Gasteiger partial charge in [-0.3, -0.25) is 4.68 Å². The zero-order valence-electron chi connectivity index (χ0n) is 10.7. The maximum absolute atomic E-state index is 6.06. The van der Waals surface area contributed by atoms with Crippen LogP contribution in [0.4, 0.5) is 0 Å². The third kappa shape index (κ3) is 2.09. The number of methoxy groups -OCH3 is 1. The molecule has 1 aromatic carbocycles. The molecule has 0 aliphatic rings. The van der Waals surface area contributed by atoms with Gasteiger partial charge in [0.1, 0.15) is 5.75 Å². The normalized spacial score (nSPS) is 10.7. The molecule has 0 unspecified atom stereocenters. The summed E-state index contributed by atoms with van der Waals surface area (Å²) < 4.78 is 7.19. The van der Waals surface area contributed by atoms with Gasteiger partial charge in [-0.2, -0.15) is 5.10 Å². The van der Waals surface area contributed by atoms with Crippen molar-refractivity contribution >= 4 is 11.6 Å². The Bertz CT molecular complexity index is 578. The third-order valence-corrected chi connectivity index (χ3v) is 3.23. The van der Waals surface area contributed by atoms with Crippen LogP contribution in [-0.2, 0) is 13.6 Å². The molecule has 2 N–H and O–H groups in total. The predicted octanol–water partition coefficient (Wildman–Crippen LogP) is 2.52. The summed E-state index contributed by atoms with van der Waals surface area (Å²) in [6.45, 7) is 2.42. The Morgan fingerprint density at radius 1 is 1.44 bits per heavy atom. The lowest BCUT2D eigenvalue weighted by Gasteiger charge is -2.10. The average Bonchev–Trinajstić information content (AvgIpc) is 2.64. The van der Waals surface area contributed by atoms with E-state index in [4.69, 9.17) is 22.1 Å². The molecule has 4 nitrogen and oxygen atoms in total. The van der Waals surface area contributed by atoms with Crippen molar-refractivity contribution in [3.63, 3.8) is 0 Å². The summed E-state index contributed by atoms with van der Waals surface area (Å²) in [5.41, 5.74) is 9.53. The molecule has 96 valence electrons. The van der Waals surface area contributed by atoms with Gasteiger partial charge in [-0.05, 0) is 30.7 Å². The minimum Gasteiger partial charge on any atom is -0.496 e. The van der Waals surface area contributed by atoms with E-state index in [1.165, 1.54) is 0 Å². The van der Waals surface area contributed by atoms with Crippen LogP contribution in [0.2, 0.25) is 5.02 Å². The lowest BCUT2D eigenvalue weighted by atomic mass is 10.1. The van der Waals surface area contributed by atoms with Gasteiger partial charge >= 0.3 is 0 Å². The Morgan fingerprint density at radius 2 is 2.17 bits per heavy atom. The van der Waals surface area contributed by atoms with E-state index >= 15 is 0 Å². The van der Waals surface area contributed by atoms with Crippen LogP contribution in [0.1, 0.15) is 11.3 Å². The predicted molar refractivity (Wildman–Crippen MR) is 72.8 cm³/mol. The number of nitrogens with two attached hydrogens (primary N) is 1. The van der Waals surface area contributed by atoms with Crippen molar-refractivity contribution < 1.29 is 4.74 Å². The minimum absolute atomic E-state index is 0.419. The highest BCUT2D eigenvalue weighted by Crippen LogP contribution is 2.34. The van der Waals surface area contributed by atoms with Crippen molar-refractivity contribution in [2.24, 2.45) is 12.8 Å². The number of ether oxygens (including phenoxy) is 1. The van der Waals surface area contributed by atoms with Gasteiger partial charge < -0.3 is 10.5 Å². The van der Waals surface area contributed by atoms with E-state index in [-0.39, 0.29) is 0 Å². The van der Waals surface area contributed by atoms with Gasteiger partial charge in [0.15, 0.2) is 0 Å². The van der Waals surface area contributed by atoms with Crippen molar-refractivity contribution in [3.05, 3.63) is 34.5 Å². The summed E-state index contributed by atoms with van der Waals surface area (Å²) in [6.07, 6.45) is 0. The van der Waals surface area contributed by atoms with Gasteiger partial charge in [-0.15, -0.1) is 0 Å². The van der Waals surface area contributed by atoms with E-state index < -0.39 is 0 Å². The Morgan fingerprint density at radius 3 is 2.72 bits per heavy atom. The standard InChI is InChI=1S/C13H16ClN3O/c1-8-11(7-15)16-17(2)13(8)10-6-9(14)4-5-12(10)18-3/h4-6H,7,15H2,1-3H3. The number of benzene rings is 1. The van der Waals surface area contributed by atoms with Crippen LogP contribution >= 0.6 is 11.6 Å². The molecule has 0 saturated heterocycles. The van der Waals surface area contributed by atoms with Gasteiger partial charge in [0.2, 0.25) is 0 Å². The quantitative estimate of drug-likeness (QED) is 0.928. The SMILES string of the molecule is COc1ccc(Cl)cc1-c1c(C)c(CN)nn1C. The molecule has 0 atom stereocenters. The van der Waals surface area contributed by atoms with Crippen LogP contribution in [0.15, 0.2) is 18.2 Å². The van der Waals surface area contributed by atoms with Crippen molar-refractivity contribution in [1.82, 2.24) is 9.78 Å². The fourth-order valence-corrected chi connectivity index (χ4v) is 2.29. The van der Waals surface area contributed by atoms with Crippen LogP contribution < -0.4 is 10.5 Å². The highest BCUT2D eigenvalue weighted by molar-refractivity contribution is 6.31. The molecule has 1 heterocycles. The number of nitrogens with zero attached hydrogens (tertiary/aromatic N) is 2. The van der Waals surface area contributed by atoms with Gasteiger partial charge in [-0.1, -0.05) is 11.6 Å². The van der Waals surface area contributed by atoms with E-state index in [9.17, 15) is 0 Å². The number of halogens is 1. The molecule has 0 aliphatic carbocycles. The van der Waals surface area contributed by atoms with Crippen LogP contribution in [0.25, 0.3) is 11.3 Å². The molecule has 2 aromatic rings. The third-order valence-electron chi connectivity index (χ3n) is 2.99. The molecule has 5 heteroatoms. The number of hydrogen-bond acceptors (Lipinski definition) is 3. The largest absolute Gasteiger partial charge is 0.496 e. The minimum atomic E-state index is 0.419. The highest BCUT2D eigenvalue weighted by atomic mass is 35.5. The number of rotatable bonds is 3. The topological polar surface area (TPSA) is 53.1 Å². The molecular weight excluding hydrogens is 250 g/mol. The fraction of sp³-hybridized carbons (Fsp3) is 0.308. The molecule has 0 fully saturated rings. The van der Waals surface area contributed by atoms with Gasteiger partial charge in [0.25, 0.3) is 0 Å². The summed E-state index contributed by atoms with van der Waals surface area (Å²) in [5.74, 6) is 0.772. The van der Waals surface area contributed by atoms with Crippen molar-refractivity contribution in [2.45, 2.75) is 13.5 Å². The second-order valence-electron chi connectivity index (χ2n) is 4.09. The second kappa shape index (κ2) is 5.00. The Balaban J connectivity index is 2.68. The monoisotopic (exact) mass is 265 g/mol. The van der Waals surface area contributed by atoms with E-state index in [2.05, 4.69) is 5.10 Å². The fourth-order valence-electron chi connectivity index (χ4n) is 2.12. The van der Waals surface area contributed by atoms with Gasteiger partial charge in [-0.25, -0.2) is 0 Å². The maximum Gasteiger partial charge on any atom is 0.128 e. The summed E-state index contributed by atoms with van der Waals surface area (Å²) in [4.78, 5) is 0. The summed E-state index contributed by atoms with van der Waals surface area (Å²) in [6, 6.07) is 5.54. The molecule has 0 saturated carbocycles. The van der Waals surface area contributed by atoms with Crippen LogP contribution in [0, 0.1) is 6.92 Å². The highest BCUT2D eigenvalue weighted by Gasteiger charge is 2.16.